The van der Waals surface area contributed by atoms with Gasteiger partial charge in [-0.15, -0.1) is 0 Å². The van der Waals surface area contributed by atoms with Gasteiger partial charge < -0.3 is 10.2 Å². The summed E-state index contributed by atoms with van der Waals surface area (Å²) in [5.74, 6) is 0.585. The molecule has 0 bridgehead atoms. The SMILES string of the molecule is CNC1(C)CCN(c2c(C)cccc2C(C)C)C1. The van der Waals surface area contributed by atoms with Gasteiger partial charge in [-0.3, -0.25) is 0 Å². The van der Waals surface area contributed by atoms with Gasteiger partial charge in [0.2, 0.25) is 0 Å². The van der Waals surface area contributed by atoms with Gasteiger partial charge in [-0.25, -0.2) is 0 Å². The van der Waals surface area contributed by atoms with E-state index in [0.717, 1.165) is 13.1 Å². The first kappa shape index (κ1) is 13.4. The Kier molecular flexibility index (Phi) is 3.67. The quantitative estimate of drug-likeness (QED) is 0.880. The molecule has 1 atom stereocenters. The van der Waals surface area contributed by atoms with Gasteiger partial charge in [0.1, 0.15) is 0 Å². The molecule has 1 N–H and O–H groups in total. The molecule has 0 radical (unpaired) electrons. The predicted octanol–water partition coefficient (Wildman–Crippen LogP) is 3.31. The van der Waals surface area contributed by atoms with E-state index in [1.807, 2.05) is 0 Å². The minimum Gasteiger partial charge on any atom is -0.369 e. The minimum atomic E-state index is 0.260. The van der Waals surface area contributed by atoms with Gasteiger partial charge >= 0.3 is 0 Å². The highest BCUT2D eigenvalue weighted by Gasteiger charge is 2.33. The van der Waals surface area contributed by atoms with Crippen molar-refractivity contribution in [1.82, 2.24) is 5.32 Å². The van der Waals surface area contributed by atoms with Crippen LogP contribution in [-0.4, -0.2) is 25.7 Å². The van der Waals surface area contributed by atoms with Crippen LogP contribution in [0.25, 0.3) is 0 Å². The molecule has 1 aliphatic heterocycles. The van der Waals surface area contributed by atoms with Gasteiger partial charge in [-0.2, -0.15) is 0 Å². The Balaban J connectivity index is 2.34. The summed E-state index contributed by atoms with van der Waals surface area (Å²) in [5, 5.41) is 3.47. The summed E-state index contributed by atoms with van der Waals surface area (Å²) in [6, 6.07) is 6.69. The summed E-state index contributed by atoms with van der Waals surface area (Å²) in [6.07, 6.45) is 1.22. The van der Waals surface area contributed by atoms with E-state index in [1.54, 1.807) is 0 Å². The zero-order valence-corrected chi connectivity index (χ0v) is 12.4. The Morgan fingerprint density at radius 3 is 2.61 bits per heavy atom. The highest BCUT2D eigenvalue weighted by Crippen LogP contribution is 2.35. The molecule has 18 heavy (non-hydrogen) atoms. The van der Waals surface area contributed by atoms with E-state index >= 15 is 0 Å². The number of nitrogens with zero attached hydrogens (tertiary/aromatic N) is 1. The number of hydrogen-bond acceptors (Lipinski definition) is 2. The molecule has 100 valence electrons. The lowest BCUT2D eigenvalue weighted by Crippen LogP contribution is -2.42. The fourth-order valence-corrected chi connectivity index (χ4v) is 2.94. The molecule has 0 aliphatic carbocycles. The molecule has 1 aromatic rings. The first-order valence-electron chi connectivity index (χ1n) is 7.00. The first-order valence-corrected chi connectivity index (χ1v) is 7.00. The standard InChI is InChI=1S/C16H26N2/c1-12(2)14-8-6-7-13(3)15(14)18-10-9-16(4,11-18)17-5/h6-8,12,17H,9-11H2,1-5H3. The summed E-state index contributed by atoms with van der Waals surface area (Å²) in [6.45, 7) is 11.4. The van der Waals surface area contributed by atoms with Crippen LogP contribution >= 0.6 is 0 Å². The molecule has 0 amide bonds. The first-order chi connectivity index (χ1) is 8.47. The molecule has 1 heterocycles. The Hall–Kier alpha value is -1.02. The average molecular weight is 246 g/mol. The predicted molar refractivity (Wildman–Crippen MR) is 79.6 cm³/mol. The van der Waals surface area contributed by atoms with Crippen LogP contribution in [-0.2, 0) is 0 Å². The molecule has 1 unspecified atom stereocenters. The molecule has 2 rings (SSSR count). The summed E-state index contributed by atoms with van der Waals surface area (Å²) in [7, 11) is 2.07. The number of hydrogen-bond donors (Lipinski definition) is 1. The van der Waals surface area contributed by atoms with Crippen molar-refractivity contribution in [3.05, 3.63) is 29.3 Å². The topological polar surface area (TPSA) is 15.3 Å². The van der Waals surface area contributed by atoms with E-state index in [2.05, 4.69) is 63.2 Å². The Morgan fingerprint density at radius 2 is 2.06 bits per heavy atom. The van der Waals surface area contributed by atoms with Gasteiger partial charge in [-0.1, -0.05) is 32.0 Å². The van der Waals surface area contributed by atoms with Crippen molar-refractivity contribution < 1.29 is 0 Å². The third kappa shape index (κ3) is 2.39. The minimum absolute atomic E-state index is 0.260. The third-order valence-electron chi connectivity index (χ3n) is 4.28. The van der Waals surface area contributed by atoms with Gasteiger partial charge in [0, 0.05) is 24.3 Å². The van der Waals surface area contributed by atoms with Crippen molar-refractivity contribution in [2.45, 2.75) is 45.6 Å². The lowest BCUT2D eigenvalue weighted by atomic mass is 9.97. The zero-order chi connectivity index (χ0) is 13.3. The summed E-state index contributed by atoms with van der Waals surface area (Å²) in [4.78, 5) is 2.56. The molecular weight excluding hydrogens is 220 g/mol. The Bertz CT molecular complexity index is 425. The average Bonchev–Trinajstić information content (AvgIpc) is 2.72. The van der Waals surface area contributed by atoms with Crippen molar-refractivity contribution >= 4 is 5.69 Å². The van der Waals surface area contributed by atoms with Crippen molar-refractivity contribution in [1.29, 1.82) is 0 Å². The zero-order valence-electron chi connectivity index (χ0n) is 12.4. The summed E-state index contributed by atoms with van der Waals surface area (Å²) >= 11 is 0. The van der Waals surface area contributed by atoms with Crippen molar-refractivity contribution in [2.75, 3.05) is 25.0 Å². The van der Waals surface area contributed by atoms with Crippen molar-refractivity contribution in [3.63, 3.8) is 0 Å². The second-order valence-electron chi connectivity index (χ2n) is 6.15. The largest absolute Gasteiger partial charge is 0.369 e. The van der Waals surface area contributed by atoms with Gasteiger partial charge in [-0.05, 0) is 44.4 Å². The smallest absolute Gasteiger partial charge is 0.0431 e. The third-order valence-corrected chi connectivity index (χ3v) is 4.28. The number of nitrogens with one attached hydrogen (secondary N) is 1. The van der Waals surface area contributed by atoms with Gasteiger partial charge in [0.05, 0.1) is 0 Å². The highest BCUT2D eigenvalue weighted by molar-refractivity contribution is 5.61. The van der Waals surface area contributed by atoms with Crippen molar-refractivity contribution in [2.24, 2.45) is 0 Å². The van der Waals surface area contributed by atoms with E-state index in [9.17, 15) is 0 Å². The molecule has 0 spiro atoms. The molecule has 0 aromatic heterocycles. The summed E-state index contributed by atoms with van der Waals surface area (Å²) in [5.41, 5.74) is 4.61. The van der Waals surface area contributed by atoms with Crippen LogP contribution in [0.3, 0.4) is 0 Å². The van der Waals surface area contributed by atoms with E-state index in [1.165, 1.54) is 23.2 Å². The Labute approximate surface area is 111 Å². The number of likely N-dealkylation sites (N-methyl/N-ethyl adjacent to an activating group) is 1. The molecule has 1 aliphatic rings. The molecule has 0 saturated carbocycles. The number of aryl methyl sites for hydroxylation is 1. The maximum atomic E-state index is 3.47. The number of para-hydroxylation sites is 1. The second-order valence-corrected chi connectivity index (χ2v) is 6.15. The van der Waals surface area contributed by atoms with Crippen LogP contribution in [0.15, 0.2) is 18.2 Å². The number of anilines is 1. The molecular formula is C16H26N2. The fraction of sp³-hybridized carbons (Fsp3) is 0.625. The fourth-order valence-electron chi connectivity index (χ4n) is 2.94. The van der Waals surface area contributed by atoms with Crippen LogP contribution in [0.5, 0.6) is 0 Å². The van der Waals surface area contributed by atoms with Crippen LogP contribution < -0.4 is 10.2 Å². The molecule has 2 nitrogen and oxygen atoms in total. The lowest BCUT2D eigenvalue weighted by molar-refractivity contribution is 0.428. The van der Waals surface area contributed by atoms with Crippen LogP contribution in [0.4, 0.5) is 5.69 Å². The van der Waals surface area contributed by atoms with E-state index < -0.39 is 0 Å². The van der Waals surface area contributed by atoms with Crippen LogP contribution in [0, 0.1) is 6.92 Å². The summed E-state index contributed by atoms with van der Waals surface area (Å²) < 4.78 is 0. The van der Waals surface area contributed by atoms with Crippen molar-refractivity contribution in [3.8, 4) is 0 Å². The maximum Gasteiger partial charge on any atom is 0.0431 e. The number of rotatable bonds is 3. The monoisotopic (exact) mass is 246 g/mol. The molecule has 1 fully saturated rings. The molecule has 2 heteroatoms. The second kappa shape index (κ2) is 4.93. The highest BCUT2D eigenvalue weighted by atomic mass is 15.2. The number of benzene rings is 1. The molecule has 1 saturated heterocycles. The molecule has 1 aromatic carbocycles. The maximum absolute atomic E-state index is 3.47. The normalized spacial score (nSPS) is 24.0. The van der Waals surface area contributed by atoms with E-state index in [-0.39, 0.29) is 5.54 Å². The lowest BCUT2D eigenvalue weighted by Gasteiger charge is -2.28. The van der Waals surface area contributed by atoms with Crippen LogP contribution in [0.2, 0.25) is 0 Å². The Morgan fingerprint density at radius 1 is 1.33 bits per heavy atom. The van der Waals surface area contributed by atoms with E-state index in [4.69, 9.17) is 0 Å². The van der Waals surface area contributed by atoms with E-state index in [0.29, 0.717) is 5.92 Å². The van der Waals surface area contributed by atoms with Gasteiger partial charge in [0.15, 0.2) is 0 Å². The van der Waals surface area contributed by atoms with Crippen LogP contribution in [0.1, 0.15) is 44.2 Å². The van der Waals surface area contributed by atoms with Gasteiger partial charge in [0.25, 0.3) is 0 Å².